The molecule has 1 heterocycles. The highest BCUT2D eigenvalue weighted by Crippen LogP contribution is 2.22. The molecule has 3 aromatic rings. The van der Waals surface area contributed by atoms with Gasteiger partial charge in [-0.3, -0.25) is 9.89 Å². The summed E-state index contributed by atoms with van der Waals surface area (Å²) < 4.78 is 9.83. The van der Waals surface area contributed by atoms with Crippen molar-refractivity contribution >= 4 is 18.1 Å². The van der Waals surface area contributed by atoms with E-state index in [1.54, 1.807) is 37.4 Å². The number of hydrazone groups is 1. The lowest BCUT2D eigenvalue weighted by molar-refractivity contribution is 0.0600. The lowest BCUT2D eigenvalue weighted by Gasteiger charge is -2.01. The van der Waals surface area contributed by atoms with Gasteiger partial charge in [0.05, 0.1) is 31.7 Å². The Hall–Kier alpha value is -3.94. The predicted octanol–water partition coefficient (Wildman–Crippen LogP) is 2.64. The predicted molar refractivity (Wildman–Crippen MR) is 103 cm³/mol. The minimum Gasteiger partial charge on any atom is -0.497 e. The van der Waals surface area contributed by atoms with Crippen LogP contribution < -0.4 is 10.2 Å². The molecule has 0 saturated carbocycles. The number of hydrogen-bond acceptors (Lipinski definition) is 6. The number of methoxy groups -OCH3 is 2. The summed E-state index contributed by atoms with van der Waals surface area (Å²) >= 11 is 0. The third-order valence-corrected chi connectivity index (χ3v) is 3.90. The number of hydrogen-bond donors (Lipinski definition) is 2. The van der Waals surface area contributed by atoms with Crippen molar-refractivity contribution in [3.05, 3.63) is 71.4 Å². The molecule has 1 amide bonds. The fraction of sp³-hybridized carbons (Fsp3) is 0.100. The zero-order chi connectivity index (χ0) is 19.9. The van der Waals surface area contributed by atoms with Crippen molar-refractivity contribution in [2.45, 2.75) is 0 Å². The third-order valence-electron chi connectivity index (χ3n) is 3.90. The van der Waals surface area contributed by atoms with Gasteiger partial charge >= 0.3 is 5.97 Å². The van der Waals surface area contributed by atoms with E-state index < -0.39 is 11.9 Å². The molecule has 0 aliphatic carbocycles. The summed E-state index contributed by atoms with van der Waals surface area (Å²) in [5, 5.41) is 10.7. The molecule has 0 radical (unpaired) electrons. The average Bonchev–Trinajstić information content (AvgIpc) is 3.24. The first-order valence-corrected chi connectivity index (χ1v) is 8.32. The first-order chi connectivity index (χ1) is 13.6. The molecular formula is C20H18N4O4. The van der Waals surface area contributed by atoms with Crippen LogP contribution in [0.15, 0.2) is 59.7 Å². The van der Waals surface area contributed by atoms with E-state index in [4.69, 9.17) is 4.74 Å². The molecule has 142 valence electrons. The number of aromatic nitrogens is 2. The molecular weight excluding hydrogens is 360 g/mol. The van der Waals surface area contributed by atoms with Gasteiger partial charge in [-0.1, -0.05) is 24.3 Å². The van der Waals surface area contributed by atoms with Crippen LogP contribution in [-0.2, 0) is 4.74 Å². The topological polar surface area (TPSA) is 106 Å². The molecule has 1 aromatic heterocycles. The number of nitrogens with zero attached hydrogens (tertiary/aromatic N) is 2. The van der Waals surface area contributed by atoms with Gasteiger partial charge in [0.15, 0.2) is 0 Å². The van der Waals surface area contributed by atoms with Gasteiger partial charge in [-0.15, -0.1) is 0 Å². The number of nitrogens with one attached hydrogen (secondary N) is 2. The highest BCUT2D eigenvalue weighted by Gasteiger charge is 2.11. The van der Waals surface area contributed by atoms with Gasteiger partial charge < -0.3 is 9.47 Å². The van der Waals surface area contributed by atoms with E-state index in [-0.39, 0.29) is 5.69 Å². The fourth-order valence-corrected chi connectivity index (χ4v) is 2.42. The zero-order valence-corrected chi connectivity index (χ0v) is 15.3. The van der Waals surface area contributed by atoms with Crippen LogP contribution in [0.1, 0.15) is 26.4 Å². The summed E-state index contributed by atoms with van der Waals surface area (Å²) in [6, 6.07) is 15.6. The maximum absolute atomic E-state index is 12.2. The standard InChI is InChI=1S/C20H18N4O4/c1-27-16-5-3-4-15(10-16)17-11-18(23-22-17)19(25)24-21-12-13-6-8-14(9-7-13)20(26)28-2/h3-12H,1-2H3,(H,22,23)(H,24,25)/b21-12+. The third kappa shape index (κ3) is 4.42. The van der Waals surface area contributed by atoms with Crippen LogP contribution in [0.3, 0.4) is 0 Å². The molecule has 0 aliphatic heterocycles. The Morgan fingerprint density at radius 2 is 1.89 bits per heavy atom. The summed E-state index contributed by atoms with van der Waals surface area (Å²) in [4.78, 5) is 23.6. The van der Waals surface area contributed by atoms with Crippen molar-refractivity contribution in [3.63, 3.8) is 0 Å². The Balaban J connectivity index is 1.63. The van der Waals surface area contributed by atoms with Crippen LogP contribution in [0.5, 0.6) is 5.75 Å². The SMILES string of the molecule is COC(=O)c1ccc(/C=N/NC(=O)c2cc(-c3cccc(OC)c3)n[nH]2)cc1. The van der Waals surface area contributed by atoms with Gasteiger partial charge in [0, 0.05) is 5.56 Å². The Labute approximate surface area is 161 Å². The summed E-state index contributed by atoms with van der Waals surface area (Å²) in [5.74, 6) is -0.138. The van der Waals surface area contributed by atoms with Crippen LogP contribution in [0.2, 0.25) is 0 Å². The number of ether oxygens (including phenoxy) is 2. The maximum Gasteiger partial charge on any atom is 0.337 e. The van der Waals surface area contributed by atoms with E-state index in [1.165, 1.54) is 13.3 Å². The number of rotatable bonds is 6. The molecule has 0 unspecified atom stereocenters. The molecule has 0 aliphatic rings. The van der Waals surface area contributed by atoms with E-state index in [2.05, 4.69) is 25.5 Å². The zero-order valence-electron chi connectivity index (χ0n) is 15.3. The lowest BCUT2D eigenvalue weighted by Crippen LogP contribution is -2.18. The van der Waals surface area contributed by atoms with Gasteiger partial charge in [-0.05, 0) is 35.9 Å². The molecule has 3 rings (SSSR count). The van der Waals surface area contributed by atoms with Gasteiger partial charge in [-0.25, -0.2) is 10.2 Å². The van der Waals surface area contributed by atoms with Gasteiger partial charge in [0.2, 0.25) is 0 Å². The van der Waals surface area contributed by atoms with E-state index in [9.17, 15) is 9.59 Å². The van der Waals surface area contributed by atoms with E-state index in [0.717, 1.165) is 11.1 Å². The smallest absolute Gasteiger partial charge is 0.337 e. The van der Waals surface area contributed by atoms with Crippen molar-refractivity contribution in [3.8, 4) is 17.0 Å². The molecule has 2 aromatic carbocycles. The quantitative estimate of drug-likeness (QED) is 0.390. The number of carbonyl (C=O) groups is 2. The van der Waals surface area contributed by atoms with E-state index in [1.807, 2.05) is 24.3 Å². The summed E-state index contributed by atoms with van der Waals surface area (Å²) in [6.45, 7) is 0. The highest BCUT2D eigenvalue weighted by molar-refractivity contribution is 5.94. The largest absolute Gasteiger partial charge is 0.497 e. The molecule has 2 N–H and O–H groups in total. The Morgan fingerprint density at radius 3 is 2.61 bits per heavy atom. The summed E-state index contributed by atoms with van der Waals surface area (Å²) in [7, 11) is 2.91. The van der Waals surface area contributed by atoms with Crippen LogP contribution in [-0.4, -0.2) is 42.5 Å². The van der Waals surface area contributed by atoms with Crippen LogP contribution in [0.25, 0.3) is 11.3 Å². The first kappa shape index (κ1) is 18.8. The molecule has 0 saturated heterocycles. The molecule has 28 heavy (non-hydrogen) atoms. The van der Waals surface area contributed by atoms with Crippen molar-refractivity contribution in [1.82, 2.24) is 15.6 Å². The van der Waals surface area contributed by atoms with Crippen molar-refractivity contribution in [2.24, 2.45) is 5.10 Å². The fourth-order valence-electron chi connectivity index (χ4n) is 2.42. The number of esters is 1. The molecule has 8 heteroatoms. The van der Waals surface area contributed by atoms with Gasteiger partial charge in [0.1, 0.15) is 11.4 Å². The molecule has 0 atom stereocenters. The van der Waals surface area contributed by atoms with Crippen LogP contribution in [0.4, 0.5) is 0 Å². The number of aromatic amines is 1. The molecule has 0 bridgehead atoms. The summed E-state index contributed by atoms with van der Waals surface area (Å²) in [6.07, 6.45) is 1.47. The number of H-pyrrole nitrogens is 1. The summed E-state index contributed by atoms with van der Waals surface area (Å²) in [5.41, 5.74) is 5.29. The van der Waals surface area contributed by atoms with E-state index >= 15 is 0 Å². The molecule has 0 fully saturated rings. The molecule has 8 nitrogen and oxygen atoms in total. The first-order valence-electron chi connectivity index (χ1n) is 8.32. The lowest BCUT2D eigenvalue weighted by atomic mass is 10.1. The number of benzene rings is 2. The second kappa shape index (κ2) is 8.63. The normalized spacial score (nSPS) is 10.6. The van der Waals surface area contributed by atoms with E-state index in [0.29, 0.717) is 17.0 Å². The number of amides is 1. The minimum atomic E-state index is -0.427. The average molecular weight is 378 g/mol. The van der Waals surface area contributed by atoms with Crippen molar-refractivity contribution in [1.29, 1.82) is 0 Å². The highest BCUT2D eigenvalue weighted by atomic mass is 16.5. The van der Waals surface area contributed by atoms with Crippen LogP contribution >= 0.6 is 0 Å². The van der Waals surface area contributed by atoms with Crippen molar-refractivity contribution in [2.75, 3.05) is 14.2 Å². The maximum atomic E-state index is 12.2. The van der Waals surface area contributed by atoms with Gasteiger partial charge in [-0.2, -0.15) is 10.2 Å². The second-order valence-electron chi connectivity index (χ2n) is 5.71. The number of carbonyl (C=O) groups excluding carboxylic acids is 2. The monoisotopic (exact) mass is 378 g/mol. The second-order valence-corrected chi connectivity index (χ2v) is 5.71. The van der Waals surface area contributed by atoms with Crippen molar-refractivity contribution < 1.29 is 19.1 Å². The Kier molecular flexibility index (Phi) is 5.81. The Bertz CT molecular complexity index is 1010. The Morgan fingerprint density at radius 1 is 1.11 bits per heavy atom. The minimum absolute atomic E-state index is 0.274. The molecule has 0 spiro atoms. The van der Waals surface area contributed by atoms with Gasteiger partial charge in [0.25, 0.3) is 5.91 Å². The van der Waals surface area contributed by atoms with Crippen LogP contribution in [0, 0.1) is 0 Å².